The number of hydrogen-bond donors (Lipinski definition) is 2. The Hall–Kier alpha value is -2.62. The first-order valence-electron chi connectivity index (χ1n) is 7.17. The SMILES string of the molecule is C=C/C=C(\C=C)C(=O)CC(C(=O)O)c1c[nH]c2c1=CCCC=2. The van der Waals surface area contributed by atoms with E-state index in [9.17, 15) is 14.7 Å². The number of H-pyrrole nitrogens is 1. The Balaban J connectivity index is 2.37. The number of carbonyl (C=O) groups excluding carboxylic acids is 1. The molecule has 1 heterocycles. The number of carbonyl (C=O) groups is 2. The third-order valence-corrected chi connectivity index (χ3v) is 3.75. The molecule has 0 spiro atoms. The minimum atomic E-state index is -1.00. The largest absolute Gasteiger partial charge is 0.481 e. The molecule has 0 aromatic carbocycles. The van der Waals surface area contributed by atoms with Gasteiger partial charge in [0.2, 0.25) is 0 Å². The molecule has 1 atom stereocenters. The summed E-state index contributed by atoms with van der Waals surface area (Å²) in [6.45, 7) is 7.13. The summed E-state index contributed by atoms with van der Waals surface area (Å²) in [5.74, 6) is -2.13. The van der Waals surface area contributed by atoms with Crippen LogP contribution in [0.3, 0.4) is 0 Å². The summed E-state index contributed by atoms with van der Waals surface area (Å²) in [5, 5.41) is 11.4. The number of rotatable bonds is 7. The molecule has 0 aliphatic heterocycles. The Morgan fingerprint density at radius 3 is 2.68 bits per heavy atom. The van der Waals surface area contributed by atoms with Crippen LogP contribution in [0, 0.1) is 0 Å². The van der Waals surface area contributed by atoms with Gasteiger partial charge in [-0.25, -0.2) is 0 Å². The summed E-state index contributed by atoms with van der Waals surface area (Å²) >= 11 is 0. The van der Waals surface area contributed by atoms with Gasteiger partial charge in [-0.1, -0.05) is 43.5 Å². The Bertz CT molecular complexity index is 765. The first-order chi connectivity index (χ1) is 10.6. The lowest BCUT2D eigenvalue weighted by Crippen LogP contribution is -2.30. The van der Waals surface area contributed by atoms with Gasteiger partial charge in [0.1, 0.15) is 0 Å². The zero-order valence-corrected chi connectivity index (χ0v) is 12.3. The number of allylic oxidation sites excluding steroid dienone is 4. The zero-order valence-electron chi connectivity index (χ0n) is 12.3. The molecule has 0 amide bonds. The molecule has 0 saturated heterocycles. The van der Waals surface area contributed by atoms with Crippen LogP contribution in [-0.2, 0) is 9.59 Å². The molecular weight excluding hydrogens is 278 g/mol. The van der Waals surface area contributed by atoms with Crippen LogP contribution >= 0.6 is 0 Å². The molecule has 22 heavy (non-hydrogen) atoms. The van der Waals surface area contributed by atoms with Gasteiger partial charge in [0.25, 0.3) is 0 Å². The molecule has 1 aliphatic carbocycles. The number of hydrogen-bond acceptors (Lipinski definition) is 2. The quantitative estimate of drug-likeness (QED) is 0.595. The highest BCUT2D eigenvalue weighted by Crippen LogP contribution is 2.19. The molecule has 0 fully saturated rings. The van der Waals surface area contributed by atoms with Crippen molar-refractivity contribution in [2.45, 2.75) is 25.2 Å². The number of ketones is 1. The normalized spacial score (nSPS) is 15.0. The average Bonchev–Trinajstić information content (AvgIpc) is 2.93. The molecule has 2 rings (SSSR count). The van der Waals surface area contributed by atoms with E-state index < -0.39 is 11.9 Å². The van der Waals surface area contributed by atoms with Gasteiger partial charge in [0.15, 0.2) is 5.78 Å². The van der Waals surface area contributed by atoms with Gasteiger partial charge in [-0.05, 0) is 23.6 Å². The van der Waals surface area contributed by atoms with Crippen LogP contribution in [0.5, 0.6) is 0 Å². The number of aromatic amines is 1. The third kappa shape index (κ3) is 3.17. The van der Waals surface area contributed by atoms with E-state index in [1.807, 2.05) is 12.2 Å². The average molecular weight is 297 g/mol. The summed E-state index contributed by atoms with van der Waals surface area (Å²) in [6.07, 6.45) is 11.9. The monoisotopic (exact) mass is 297 g/mol. The number of aliphatic carboxylic acids is 1. The maximum absolute atomic E-state index is 12.3. The number of aromatic nitrogens is 1. The van der Waals surface area contributed by atoms with E-state index >= 15 is 0 Å². The summed E-state index contributed by atoms with van der Waals surface area (Å²) in [5.41, 5.74) is 1.04. The van der Waals surface area contributed by atoms with Crippen molar-refractivity contribution in [3.63, 3.8) is 0 Å². The molecule has 0 radical (unpaired) electrons. The number of fused-ring (bicyclic) bond motifs is 1. The van der Waals surface area contributed by atoms with Crippen molar-refractivity contribution < 1.29 is 14.7 Å². The zero-order chi connectivity index (χ0) is 16.1. The van der Waals surface area contributed by atoms with Gasteiger partial charge in [-0.15, -0.1) is 0 Å². The standard InChI is InChI=1S/C18H19NO3/c1-3-7-12(4-2)17(20)10-14(18(21)22)15-11-19-16-9-6-5-8-13(15)16/h3-4,7-9,11,14,19H,1-2,5-6,10H2,(H,21,22)/b12-7+. The lowest BCUT2D eigenvalue weighted by Gasteiger charge is -2.11. The molecule has 1 aliphatic rings. The van der Waals surface area contributed by atoms with Crippen molar-refractivity contribution in [2.24, 2.45) is 0 Å². The molecule has 114 valence electrons. The number of Topliss-reactive ketones (excluding diaryl/α,β-unsaturated/α-hetero) is 1. The highest BCUT2D eigenvalue weighted by atomic mass is 16.4. The molecule has 0 saturated carbocycles. The summed E-state index contributed by atoms with van der Waals surface area (Å²) in [6, 6.07) is 0. The maximum Gasteiger partial charge on any atom is 0.311 e. The predicted molar refractivity (Wildman–Crippen MR) is 86.7 cm³/mol. The van der Waals surface area contributed by atoms with Crippen LogP contribution in [0.4, 0.5) is 0 Å². The highest BCUT2D eigenvalue weighted by Gasteiger charge is 2.26. The second-order valence-corrected chi connectivity index (χ2v) is 5.14. The van der Waals surface area contributed by atoms with Crippen LogP contribution in [-0.4, -0.2) is 21.8 Å². The minimum Gasteiger partial charge on any atom is -0.481 e. The minimum absolute atomic E-state index is 0.0981. The van der Waals surface area contributed by atoms with E-state index in [1.165, 1.54) is 12.2 Å². The van der Waals surface area contributed by atoms with Crippen LogP contribution in [0.25, 0.3) is 12.2 Å². The van der Waals surface area contributed by atoms with Crippen LogP contribution in [0.2, 0.25) is 0 Å². The van der Waals surface area contributed by atoms with E-state index in [1.54, 1.807) is 12.3 Å². The van der Waals surface area contributed by atoms with Crippen molar-refractivity contribution in [1.82, 2.24) is 4.98 Å². The number of carboxylic acids is 1. The van der Waals surface area contributed by atoms with Crippen molar-refractivity contribution >= 4 is 23.9 Å². The Morgan fingerprint density at radius 2 is 2.05 bits per heavy atom. The fourth-order valence-electron chi connectivity index (χ4n) is 2.64. The lowest BCUT2D eigenvalue weighted by molar-refractivity contribution is -0.140. The fraction of sp³-hybridized carbons (Fsp3) is 0.222. The topological polar surface area (TPSA) is 70.2 Å². The van der Waals surface area contributed by atoms with Gasteiger partial charge in [0, 0.05) is 23.5 Å². The number of carboxylic acid groups (broad SMARTS) is 1. The Morgan fingerprint density at radius 1 is 1.32 bits per heavy atom. The molecule has 2 N–H and O–H groups in total. The Labute approximate surface area is 128 Å². The second-order valence-electron chi connectivity index (χ2n) is 5.14. The van der Waals surface area contributed by atoms with Gasteiger partial charge in [0.05, 0.1) is 5.92 Å². The van der Waals surface area contributed by atoms with Gasteiger partial charge >= 0.3 is 5.97 Å². The van der Waals surface area contributed by atoms with E-state index in [-0.39, 0.29) is 12.2 Å². The van der Waals surface area contributed by atoms with Crippen LogP contribution in [0.15, 0.2) is 43.2 Å². The van der Waals surface area contributed by atoms with Gasteiger partial charge < -0.3 is 10.1 Å². The highest BCUT2D eigenvalue weighted by molar-refractivity contribution is 6.00. The number of nitrogens with one attached hydrogen (secondary N) is 1. The van der Waals surface area contributed by atoms with Crippen molar-refractivity contribution in [3.05, 3.63) is 59.3 Å². The van der Waals surface area contributed by atoms with Crippen molar-refractivity contribution in [1.29, 1.82) is 0 Å². The first kappa shape index (κ1) is 15.8. The van der Waals surface area contributed by atoms with E-state index in [0.717, 1.165) is 23.4 Å². The van der Waals surface area contributed by atoms with Crippen LogP contribution < -0.4 is 10.6 Å². The molecule has 0 bridgehead atoms. The van der Waals surface area contributed by atoms with E-state index in [2.05, 4.69) is 18.1 Å². The predicted octanol–water partition coefficient (Wildman–Crippen LogP) is 1.80. The molecule has 4 nitrogen and oxygen atoms in total. The lowest BCUT2D eigenvalue weighted by atomic mass is 9.91. The Kier molecular flexibility index (Phi) is 4.94. The third-order valence-electron chi connectivity index (χ3n) is 3.75. The van der Waals surface area contributed by atoms with Crippen molar-refractivity contribution in [2.75, 3.05) is 0 Å². The smallest absolute Gasteiger partial charge is 0.311 e. The van der Waals surface area contributed by atoms with E-state index in [4.69, 9.17) is 0 Å². The fourth-order valence-corrected chi connectivity index (χ4v) is 2.64. The molecule has 4 heteroatoms. The summed E-state index contributed by atoms with van der Waals surface area (Å²) in [4.78, 5) is 27.0. The van der Waals surface area contributed by atoms with Crippen LogP contribution in [0.1, 0.15) is 30.7 Å². The first-order valence-corrected chi connectivity index (χ1v) is 7.17. The summed E-state index contributed by atoms with van der Waals surface area (Å²) in [7, 11) is 0. The molecule has 1 aromatic rings. The van der Waals surface area contributed by atoms with Gasteiger partial charge in [-0.2, -0.15) is 0 Å². The molecular formula is C18H19NO3. The molecule has 1 unspecified atom stereocenters. The molecule has 1 aromatic heterocycles. The summed E-state index contributed by atoms with van der Waals surface area (Å²) < 4.78 is 0. The maximum atomic E-state index is 12.3. The van der Waals surface area contributed by atoms with Crippen molar-refractivity contribution in [3.8, 4) is 0 Å². The van der Waals surface area contributed by atoms with Gasteiger partial charge in [-0.3, -0.25) is 9.59 Å². The second kappa shape index (κ2) is 6.89. The van der Waals surface area contributed by atoms with E-state index in [0.29, 0.717) is 11.1 Å².